The topological polar surface area (TPSA) is 48.4 Å². The van der Waals surface area contributed by atoms with Gasteiger partial charge in [-0.2, -0.15) is 0 Å². The molecule has 0 aliphatic carbocycles. The van der Waals surface area contributed by atoms with Crippen molar-refractivity contribution in [3.05, 3.63) is 83.3 Å². The first-order valence-corrected chi connectivity index (χ1v) is 9.86. The van der Waals surface area contributed by atoms with Crippen LogP contribution >= 0.6 is 11.6 Å². The van der Waals surface area contributed by atoms with Crippen molar-refractivity contribution in [2.75, 3.05) is 19.4 Å². The third-order valence-corrected chi connectivity index (χ3v) is 5.11. The number of phenols is 1. The number of hydrogen-bond acceptors (Lipinski definition) is 4. The van der Waals surface area contributed by atoms with Crippen LogP contribution in [0.1, 0.15) is 5.56 Å². The lowest BCUT2D eigenvalue weighted by molar-refractivity contribution is 0.402. The van der Waals surface area contributed by atoms with E-state index in [1.807, 2.05) is 50.5 Å². The summed E-state index contributed by atoms with van der Waals surface area (Å²) in [5.74, 6) is -1.29. The van der Waals surface area contributed by atoms with Crippen LogP contribution in [0.3, 0.4) is 0 Å². The van der Waals surface area contributed by atoms with E-state index < -0.39 is 11.6 Å². The molecule has 4 aromatic rings. The lowest BCUT2D eigenvalue weighted by Gasteiger charge is -2.13. The van der Waals surface area contributed by atoms with E-state index in [1.54, 1.807) is 12.3 Å². The maximum Gasteiger partial charge on any atom is 0.170 e. The van der Waals surface area contributed by atoms with Crippen LogP contribution in [0, 0.1) is 5.82 Å². The minimum Gasteiger partial charge on any atom is -0.504 e. The molecule has 4 rings (SSSR count). The van der Waals surface area contributed by atoms with Gasteiger partial charge in [0.25, 0.3) is 0 Å². The zero-order chi connectivity index (χ0) is 21.3. The van der Waals surface area contributed by atoms with Crippen molar-refractivity contribution in [2.24, 2.45) is 0 Å². The van der Waals surface area contributed by atoms with E-state index in [9.17, 15) is 9.50 Å². The summed E-state index contributed by atoms with van der Waals surface area (Å²) in [5.41, 5.74) is 5.28. The van der Waals surface area contributed by atoms with E-state index in [-0.39, 0.29) is 5.02 Å². The number of aromatic hydroxyl groups is 1. The SMILES string of the molecule is CN(C)Cc1ccc(Nc2ccnc3ccc(-c4cc(F)c(O)c(Cl)c4)cc23)cc1. The molecule has 0 atom stereocenters. The molecule has 30 heavy (non-hydrogen) atoms. The van der Waals surface area contributed by atoms with Crippen LogP contribution in [-0.2, 0) is 6.54 Å². The molecule has 0 bridgehead atoms. The maximum atomic E-state index is 14.0. The zero-order valence-electron chi connectivity index (χ0n) is 16.7. The Bertz CT molecular complexity index is 1190. The number of benzene rings is 3. The number of nitrogens with one attached hydrogen (secondary N) is 1. The minimum absolute atomic E-state index is 0.0209. The maximum absolute atomic E-state index is 14.0. The van der Waals surface area contributed by atoms with Gasteiger partial charge in [-0.1, -0.05) is 29.8 Å². The highest BCUT2D eigenvalue weighted by atomic mass is 35.5. The molecule has 1 aromatic heterocycles. The predicted molar refractivity (Wildman–Crippen MR) is 121 cm³/mol. The van der Waals surface area contributed by atoms with Gasteiger partial charge >= 0.3 is 0 Å². The number of hydrogen-bond donors (Lipinski definition) is 2. The van der Waals surface area contributed by atoms with Gasteiger partial charge in [0.05, 0.1) is 10.5 Å². The summed E-state index contributed by atoms with van der Waals surface area (Å²) in [4.78, 5) is 6.55. The lowest BCUT2D eigenvalue weighted by atomic mass is 10.0. The fraction of sp³-hybridized carbons (Fsp3) is 0.125. The third-order valence-electron chi connectivity index (χ3n) is 4.82. The molecule has 152 valence electrons. The first-order valence-electron chi connectivity index (χ1n) is 9.48. The van der Waals surface area contributed by atoms with Crippen LogP contribution in [0.15, 0.2) is 66.9 Å². The van der Waals surface area contributed by atoms with Crippen LogP contribution in [0.25, 0.3) is 22.0 Å². The molecule has 0 saturated carbocycles. The van der Waals surface area contributed by atoms with E-state index in [1.165, 1.54) is 11.6 Å². The molecule has 6 heteroatoms. The number of aromatic nitrogens is 1. The van der Waals surface area contributed by atoms with Gasteiger partial charge in [-0.25, -0.2) is 4.39 Å². The number of phenolic OH excluding ortho intramolecular Hbond substituents is 1. The standard InChI is InChI=1S/C24H21ClFN3O/c1-29(2)14-15-3-6-18(7-4-15)28-23-9-10-27-22-8-5-16(11-19(22)23)17-12-20(25)24(30)21(26)13-17/h3-13,30H,14H2,1-2H3,(H,27,28). The molecule has 0 aliphatic rings. The number of pyridine rings is 1. The second-order valence-electron chi connectivity index (χ2n) is 7.44. The van der Waals surface area contributed by atoms with E-state index in [0.717, 1.165) is 34.4 Å². The molecule has 1 heterocycles. The van der Waals surface area contributed by atoms with Crippen LogP contribution < -0.4 is 5.32 Å². The van der Waals surface area contributed by atoms with Crippen molar-refractivity contribution in [3.8, 4) is 16.9 Å². The van der Waals surface area contributed by atoms with Crippen molar-refractivity contribution in [1.29, 1.82) is 0 Å². The van der Waals surface area contributed by atoms with Gasteiger partial charge in [0.1, 0.15) is 0 Å². The zero-order valence-corrected chi connectivity index (χ0v) is 17.4. The van der Waals surface area contributed by atoms with Crippen LogP contribution in [0.2, 0.25) is 5.02 Å². The summed E-state index contributed by atoms with van der Waals surface area (Å²) in [6, 6.07) is 18.7. The van der Waals surface area contributed by atoms with Crippen molar-refractivity contribution in [3.63, 3.8) is 0 Å². The lowest BCUT2D eigenvalue weighted by Crippen LogP contribution is -2.10. The fourth-order valence-corrected chi connectivity index (χ4v) is 3.59. The monoisotopic (exact) mass is 421 g/mol. The second-order valence-corrected chi connectivity index (χ2v) is 7.85. The van der Waals surface area contributed by atoms with Gasteiger partial charge in [-0.05, 0) is 73.3 Å². The smallest absolute Gasteiger partial charge is 0.170 e. The summed E-state index contributed by atoms with van der Waals surface area (Å²) in [6.07, 6.45) is 1.75. The number of nitrogens with zero attached hydrogens (tertiary/aromatic N) is 2. The Kier molecular flexibility index (Phi) is 5.57. The highest BCUT2D eigenvalue weighted by Crippen LogP contribution is 2.35. The van der Waals surface area contributed by atoms with E-state index >= 15 is 0 Å². The van der Waals surface area contributed by atoms with Crippen LogP contribution in [-0.4, -0.2) is 29.1 Å². The summed E-state index contributed by atoms with van der Waals surface area (Å²) in [6.45, 7) is 0.883. The Morgan fingerprint density at radius 1 is 1.00 bits per heavy atom. The summed E-state index contributed by atoms with van der Waals surface area (Å²) in [5, 5.41) is 13.9. The second kappa shape index (κ2) is 8.30. The summed E-state index contributed by atoms with van der Waals surface area (Å²) < 4.78 is 14.0. The molecular formula is C24H21ClFN3O. The predicted octanol–water partition coefficient (Wildman–Crippen LogP) is 6.21. The van der Waals surface area contributed by atoms with Gasteiger partial charge in [-0.15, -0.1) is 0 Å². The minimum atomic E-state index is -0.750. The van der Waals surface area contributed by atoms with Crippen LogP contribution in [0.5, 0.6) is 5.75 Å². The number of halogens is 2. The third kappa shape index (κ3) is 4.22. The Morgan fingerprint density at radius 2 is 1.77 bits per heavy atom. The molecular weight excluding hydrogens is 401 g/mol. The largest absolute Gasteiger partial charge is 0.504 e. The molecule has 4 nitrogen and oxygen atoms in total. The van der Waals surface area contributed by atoms with Gasteiger partial charge in [0.15, 0.2) is 11.6 Å². The van der Waals surface area contributed by atoms with E-state index in [2.05, 4.69) is 27.3 Å². The molecule has 2 N–H and O–H groups in total. The molecule has 3 aromatic carbocycles. The highest BCUT2D eigenvalue weighted by molar-refractivity contribution is 6.32. The van der Waals surface area contributed by atoms with E-state index in [0.29, 0.717) is 5.56 Å². The average Bonchev–Trinajstić information content (AvgIpc) is 2.72. The normalized spacial score (nSPS) is 11.2. The molecule has 0 aliphatic heterocycles. The Balaban J connectivity index is 1.70. The van der Waals surface area contributed by atoms with Crippen molar-refractivity contribution in [1.82, 2.24) is 9.88 Å². The molecule has 0 amide bonds. The molecule has 0 fully saturated rings. The molecule has 0 saturated heterocycles. The number of rotatable bonds is 5. The fourth-order valence-electron chi connectivity index (χ4n) is 3.38. The molecule has 0 spiro atoms. The highest BCUT2D eigenvalue weighted by Gasteiger charge is 2.11. The first-order chi connectivity index (χ1) is 14.4. The van der Waals surface area contributed by atoms with Crippen molar-refractivity contribution in [2.45, 2.75) is 6.54 Å². The Morgan fingerprint density at radius 3 is 2.47 bits per heavy atom. The van der Waals surface area contributed by atoms with Crippen molar-refractivity contribution < 1.29 is 9.50 Å². The van der Waals surface area contributed by atoms with Gasteiger partial charge in [-0.3, -0.25) is 4.98 Å². The molecule has 0 radical (unpaired) electrons. The van der Waals surface area contributed by atoms with Gasteiger partial charge in [0.2, 0.25) is 0 Å². The Hall–Kier alpha value is -3.15. The summed E-state index contributed by atoms with van der Waals surface area (Å²) >= 11 is 5.95. The van der Waals surface area contributed by atoms with E-state index in [4.69, 9.17) is 11.6 Å². The van der Waals surface area contributed by atoms with Gasteiger partial charge in [0, 0.05) is 29.5 Å². The summed E-state index contributed by atoms with van der Waals surface area (Å²) in [7, 11) is 4.08. The Labute approximate surface area is 179 Å². The first kappa shape index (κ1) is 20.1. The number of fused-ring (bicyclic) bond motifs is 1. The van der Waals surface area contributed by atoms with Gasteiger partial charge < -0.3 is 15.3 Å². The quantitative estimate of drug-likeness (QED) is 0.402. The van der Waals surface area contributed by atoms with Crippen molar-refractivity contribution >= 4 is 33.9 Å². The van der Waals surface area contributed by atoms with Crippen LogP contribution in [0.4, 0.5) is 15.8 Å². The number of anilines is 2. The average molecular weight is 422 g/mol. The molecule has 0 unspecified atom stereocenters.